The molecule has 1 heterocycles. The second-order valence-electron chi connectivity index (χ2n) is 3.86. The number of nitrogens with zero attached hydrogens (tertiary/aromatic N) is 1. The summed E-state index contributed by atoms with van der Waals surface area (Å²) < 4.78 is 1.77. The molecule has 0 atom stereocenters. The predicted octanol–water partition coefficient (Wildman–Crippen LogP) is 2.16. The normalized spacial score (nSPS) is 10.6. The largest absolute Gasteiger partial charge is 0.399 e. The van der Waals surface area contributed by atoms with Crippen LogP contribution in [0, 0.1) is 13.8 Å². The Bertz CT molecular complexity index is 569. The van der Waals surface area contributed by atoms with E-state index in [0.717, 1.165) is 22.5 Å². The molecule has 0 spiro atoms. The molecule has 0 fully saturated rings. The lowest BCUT2D eigenvalue weighted by molar-refractivity contribution is 0.751. The number of benzene rings is 1. The predicted molar refractivity (Wildman–Crippen MR) is 68.0 cm³/mol. The molecule has 2 rings (SSSR count). The maximum atomic E-state index is 11.6. The molecule has 84 valence electrons. The number of nitrogen functional groups attached to an aromatic ring is 1. The lowest BCUT2D eigenvalue weighted by atomic mass is 10.1. The first-order valence-corrected chi connectivity index (χ1v) is 5.96. The molecule has 0 aliphatic rings. The summed E-state index contributed by atoms with van der Waals surface area (Å²) in [5, 5.41) is 1.88. The monoisotopic (exact) mass is 234 g/mol. The third-order valence-electron chi connectivity index (χ3n) is 2.79. The van der Waals surface area contributed by atoms with Crippen molar-refractivity contribution in [3.05, 3.63) is 50.1 Å². The van der Waals surface area contributed by atoms with E-state index in [1.165, 1.54) is 11.3 Å². The Labute approximate surface area is 98.2 Å². The lowest BCUT2D eigenvalue weighted by Gasteiger charge is -2.09. The van der Waals surface area contributed by atoms with E-state index in [2.05, 4.69) is 0 Å². The third kappa shape index (κ3) is 1.88. The first kappa shape index (κ1) is 11.0. The van der Waals surface area contributed by atoms with Gasteiger partial charge in [0.25, 0.3) is 0 Å². The first-order valence-electron chi connectivity index (χ1n) is 5.08. The van der Waals surface area contributed by atoms with E-state index in [9.17, 15) is 4.79 Å². The van der Waals surface area contributed by atoms with Crippen molar-refractivity contribution in [1.82, 2.24) is 4.57 Å². The standard InChI is InChI=1S/C12H14N2OS/c1-8-7-16-12(15)14(8)6-10-4-3-5-11(13)9(10)2/h3-5,7H,6,13H2,1-2H3. The number of aryl methyl sites for hydroxylation is 1. The van der Waals surface area contributed by atoms with Crippen molar-refractivity contribution in [3.8, 4) is 0 Å². The zero-order valence-electron chi connectivity index (χ0n) is 9.36. The van der Waals surface area contributed by atoms with Crippen molar-refractivity contribution in [2.24, 2.45) is 0 Å². The Hall–Kier alpha value is -1.55. The fourth-order valence-electron chi connectivity index (χ4n) is 1.64. The van der Waals surface area contributed by atoms with Gasteiger partial charge < -0.3 is 5.73 Å². The number of aromatic nitrogens is 1. The molecule has 1 aromatic carbocycles. The summed E-state index contributed by atoms with van der Waals surface area (Å²) in [4.78, 5) is 11.7. The van der Waals surface area contributed by atoms with Crippen LogP contribution in [-0.4, -0.2) is 4.57 Å². The zero-order valence-corrected chi connectivity index (χ0v) is 10.2. The van der Waals surface area contributed by atoms with E-state index < -0.39 is 0 Å². The topological polar surface area (TPSA) is 48.0 Å². The van der Waals surface area contributed by atoms with Gasteiger partial charge in [0.1, 0.15) is 0 Å². The summed E-state index contributed by atoms with van der Waals surface area (Å²) in [6.45, 7) is 4.53. The Kier molecular flexibility index (Phi) is 2.83. The molecule has 0 saturated carbocycles. The SMILES string of the molecule is Cc1c(N)cccc1Cn1c(C)csc1=O. The van der Waals surface area contributed by atoms with Crippen molar-refractivity contribution >= 4 is 17.0 Å². The summed E-state index contributed by atoms with van der Waals surface area (Å²) in [5.41, 5.74) is 9.77. The Morgan fingerprint density at radius 1 is 1.38 bits per heavy atom. The van der Waals surface area contributed by atoms with Crippen LogP contribution in [-0.2, 0) is 6.54 Å². The Morgan fingerprint density at radius 2 is 2.12 bits per heavy atom. The van der Waals surface area contributed by atoms with Crippen LogP contribution in [0.5, 0.6) is 0 Å². The van der Waals surface area contributed by atoms with Gasteiger partial charge in [0.15, 0.2) is 0 Å². The number of nitrogens with two attached hydrogens (primary N) is 1. The van der Waals surface area contributed by atoms with Crippen molar-refractivity contribution in [2.75, 3.05) is 5.73 Å². The number of thiazole rings is 1. The van der Waals surface area contributed by atoms with Crippen molar-refractivity contribution < 1.29 is 0 Å². The van der Waals surface area contributed by atoms with Crippen molar-refractivity contribution in [2.45, 2.75) is 20.4 Å². The van der Waals surface area contributed by atoms with Crippen molar-refractivity contribution in [1.29, 1.82) is 0 Å². The molecule has 1 aromatic heterocycles. The molecule has 0 unspecified atom stereocenters. The molecule has 0 saturated heterocycles. The summed E-state index contributed by atoms with van der Waals surface area (Å²) in [6.07, 6.45) is 0. The van der Waals surface area contributed by atoms with Gasteiger partial charge in [0.2, 0.25) is 0 Å². The minimum absolute atomic E-state index is 0.0827. The highest BCUT2D eigenvalue weighted by molar-refractivity contribution is 7.07. The van der Waals surface area contributed by atoms with Crippen LogP contribution in [0.3, 0.4) is 0 Å². The number of hydrogen-bond acceptors (Lipinski definition) is 3. The number of hydrogen-bond donors (Lipinski definition) is 1. The smallest absolute Gasteiger partial charge is 0.307 e. The molecule has 0 aliphatic heterocycles. The average Bonchev–Trinajstić information content (AvgIpc) is 2.56. The highest BCUT2D eigenvalue weighted by Gasteiger charge is 2.06. The number of rotatable bonds is 2. The van der Waals surface area contributed by atoms with Crippen LogP contribution in [0.1, 0.15) is 16.8 Å². The molecule has 3 nitrogen and oxygen atoms in total. The second-order valence-corrected chi connectivity index (χ2v) is 4.68. The van der Waals surface area contributed by atoms with Crippen LogP contribution in [0.15, 0.2) is 28.4 Å². The molecule has 2 aromatic rings. The van der Waals surface area contributed by atoms with Gasteiger partial charge in [0, 0.05) is 16.8 Å². The van der Waals surface area contributed by atoms with Gasteiger partial charge in [-0.1, -0.05) is 23.5 Å². The van der Waals surface area contributed by atoms with Crippen LogP contribution < -0.4 is 10.6 Å². The van der Waals surface area contributed by atoms with Gasteiger partial charge in [-0.15, -0.1) is 0 Å². The minimum atomic E-state index is 0.0827. The van der Waals surface area contributed by atoms with E-state index in [-0.39, 0.29) is 4.87 Å². The van der Waals surface area contributed by atoms with Gasteiger partial charge >= 0.3 is 4.87 Å². The van der Waals surface area contributed by atoms with Crippen LogP contribution in [0.4, 0.5) is 5.69 Å². The Balaban J connectivity index is 2.42. The maximum Gasteiger partial charge on any atom is 0.307 e. The van der Waals surface area contributed by atoms with Gasteiger partial charge in [0.05, 0.1) is 6.54 Å². The van der Waals surface area contributed by atoms with Crippen LogP contribution in [0.2, 0.25) is 0 Å². The molecule has 2 N–H and O–H groups in total. The van der Waals surface area contributed by atoms with Gasteiger partial charge in [-0.05, 0) is 31.0 Å². The van der Waals surface area contributed by atoms with Gasteiger partial charge in [-0.2, -0.15) is 0 Å². The van der Waals surface area contributed by atoms with E-state index in [4.69, 9.17) is 5.73 Å². The van der Waals surface area contributed by atoms with E-state index in [0.29, 0.717) is 6.54 Å². The number of anilines is 1. The molecule has 0 amide bonds. The molecule has 0 radical (unpaired) electrons. The zero-order chi connectivity index (χ0) is 11.7. The first-order chi connectivity index (χ1) is 7.59. The van der Waals surface area contributed by atoms with Crippen molar-refractivity contribution in [3.63, 3.8) is 0 Å². The van der Waals surface area contributed by atoms with E-state index in [1.54, 1.807) is 4.57 Å². The van der Waals surface area contributed by atoms with Crippen LogP contribution in [0.25, 0.3) is 0 Å². The third-order valence-corrected chi connectivity index (χ3v) is 3.67. The second kappa shape index (κ2) is 4.14. The summed E-state index contributed by atoms with van der Waals surface area (Å²) in [7, 11) is 0. The molecule has 16 heavy (non-hydrogen) atoms. The summed E-state index contributed by atoms with van der Waals surface area (Å²) in [5.74, 6) is 0. The fourth-order valence-corrected chi connectivity index (χ4v) is 2.38. The molecule has 0 bridgehead atoms. The van der Waals surface area contributed by atoms with Gasteiger partial charge in [-0.3, -0.25) is 9.36 Å². The molecular weight excluding hydrogens is 220 g/mol. The summed E-state index contributed by atoms with van der Waals surface area (Å²) in [6, 6.07) is 5.81. The quantitative estimate of drug-likeness (QED) is 0.809. The van der Waals surface area contributed by atoms with Gasteiger partial charge in [-0.25, -0.2) is 0 Å². The highest BCUT2D eigenvalue weighted by atomic mass is 32.1. The average molecular weight is 234 g/mol. The van der Waals surface area contributed by atoms with E-state index >= 15 is 0 Å². The lowest BCUT2D eigenvalue weighted by Crippen LogP contribution is -2.16. The van der Waals surface area contributed by atoms with E-state index in [1.807, 2.05) is 37.4 Å². The molecule has 4 heteroatoms. The summed E-state index contributed by atoms with van der Waals surface area (Å²) >= 11 is 1.24. The Morgan fingerprint density at radius 3 is 2.75 bits per heavy atom. The fraction of sp³-hybridized carbons (Fsp3) is 0.250. The van der Waals surface area contributed by atoms with Crippen LogP contribution >= 0.6 is 11.3 Å². The molecule has 0 aliphatic carbocycles. The minimum Gasteiger partial charge on any atom is -0.399 e. The molecular formula is C12H14N2OS. The maximum absolute atomic E-state index is 11.6. The highest BCUT2D eigenvalue weighted by Crippen LogP contribution is 2.17.